The molecule has 0 spiro atoms. The number of hydrogen-bond donors (Lipinski definition) is 1. The summed E-state index contributed by atoms with van der Waals surface area (Å²) in [6.45, 7) is 9.70. The molecule has 1 aromatic carbocycles. The molecule has 0 saturated heterocycles. The highest BCUT2D eigenvalue weighted by molar-refractivity contribution is 6.33. The van der Waals surface area contributed by atoms with E-state index in [4.69, 9.17) is 25.8 Å². The smallest absolute Gasteiger partial charge is 0.148 e. The normalized spacial score (nSPS) is 10.8. The Hall–Kier alpha value is -1.89. The molecule has 0 amide bonds. The van der Waals surface area contributed by atoms with Gasteiger partial charge in [0.25, 0.3) is 0 Å². The molecule has 148 valence electrons. The van der Waals surface area contributed by atoms with Crippen molar-refractivity contribution < 1.29 is 14.2 Å². The fourth-order valence-corrected chi connectivity index (χ4v) is 2.66. The molecule has 2 rings (SSSR count). The van der Waals surface area contributed by atoms with Gasteiger partial charge in [0.1, 0.15) is 29.5 Å². The van der Waals surface area contributed by atoms with Crippen LogP contribution < -0.4 is 10.1 Å². The van der Waals surface area contributed by atoms with Crippen LogP contribution in [0.5, 0.6) is 5.75 Å². The van der Waals surface area contributed by atoms with Crippen molar-refractivity contribution in [3.05, 3.63) is 46.4 Å². The van der Waals surface area contributed by atoms with Crippen LogP contribution in [-0.2, 0) is 15.9 Å². The van der Waals surface area contributed by atoms with E-state index in [2.05, 4.69) is 27.4 Å². The number of aryl methyl sites for hydroxylation is 2. The van der Waals surface area contributed by atoms with Gasteiger partial charge in [0, 0.05) is 6.61 Å². The molecule has 0 radical (unpaired) electrons. The Labute approximate surface area is 166 Å². The number of ether oxygens (including phenoxy) is 3. The van der Waals surface area contributed by atoms with Gasteiger partial charge in [-0.15, -0.1) is 0 Å². The second-order valence-electron chi connectivity index (χ2n) is 6.06. The lowest BCUT2D eigenvalue weighted by Gasteiger charge is -2.12. The van der Waals surface area contributed by atoms with Gasteiger partial charge in [-0.3, -0.25) is 0 Å². The summed E-state index contributed by atoms with van der Waals surface area (Å²) in [7, 11) is 0. The summed E-state index contributed by atoms with van der Waals surface area (Å²) >= 11 is 6.16. The molecule has 1 N–H and O–H groups in total. The topological polar surface area (TPSA) is 65.5 Å². The van der Waals surface area contributed by atoms with E-state index in [-0.39, 0.29) is 0 Å². The Kier molecular flexibility index (Phi) is 9.31. The van der Waals surface area contributed by atoms with Crippen molar-refractivity contribution >= 4 is 17.4 Å². The van der Waals surface area contributed by atoms with E-state index in [1.165, 1.54) is 11.9 Å². The zero-order valence-corrected chi connectivity index (χ0v) is 17.0. The molecule has 0 unspecified atom stereocenters. The van der Waals surface area contributed by atoms with Gasteiger partial charge in [-0.1, -0.05) is 23.7 Å². The number of rotatable bonds is 12. The quantitative estimate of drug-likeness (QED) is 0.553. The Morgan fingerprint density at radius 1 is 1.04 bits per heavy atom. The molecule has 0 aliphatic heterocycles. The van der Waals surface area contributed by atoms with E-state index in [9.17, 15) is 0 Å². The van der Waals surface area contributed by atoms with Gasteiger partial charge in [0.15, 0.2) is 0 Å². The molecule has 6 nitrogen and oxygen atoms in total. The fraction of sp³-hybridized carbons (Fsp3) is 0.500. The number of nitrogens with zero attached hydrogens (tertiary/aromatic N) is 2. The van der Waals surface area contributed by atoms with Crippen LogP contribution in [-0.4, -0.2) is 49.5 Å². The molecule has 0 atom stereocenters. The number of aromatic nitrogens is 2. The third kappa shape index (κ3) is 7.33. The zero-order valence-electron chi connectivity index (χ0n) is 16.3. The van der Waals surface area contributed by atoms with Crippen molar-refractivity contribution in [2.45, 2.75) is 27.2 Å². The van der Waals surface area contributed by atoms with Crippen LogP contribution in [0.2, 0.25) is 5.02 Å². The summed E-state index contributed by atoms with van der Waals surface area (Å²) in [6.07, 6.45) is 2.37. The molecular formula is C20H28ClN3O3. The summed E-state index contributed by atoms with van der Waals surface area (Å²) in [5, 5.41) is 3.71. The maximum Gasteiger partial charge on any atom is 0.148 e. The molecule has 7 heteroatoms. The van der Waals surface area contributed by atoms with E-state index in [0.29, 0.717) is 43.8 Å². The highest BCUT2D eigenvalue weighted by Crippen LogP contribution is 2.21. The third-order valence-electron chi connectivity index (χ3n) is 3.97. The lowest BCUT2D eigenvalue weighted by atomic mass is 10.1. The van der Waals surface area contributed by atoms with E-state index in [0.717, 1.165) is 30.0 Å². The van der Waals surface area contributed by atoms with E-state index < -0.39 is 0 Å². The molecule has 1 heterocycles. The molecule has 1 aromatic heterocycles. The number of nitrogens with one attached hydrogen (secondary N) is 1. The van der Waals surface area contributed by atoms with Gasteiger partial charge in [-0.25, -0.2) is 9.97 Å². The van der Waals surface area contributed by atoms with Crippen molar-refractivity contribution in [1.82, 2.24) is 9.97 Å². The minimum atomic E-state index is 0.514. The predicted molar refractivity (Wildman–Crippen MR) is 108 cm³/mol. The van der Waals surface area contributed by atoms with E-state index in [1.807, 2.05) is 26.8 Å². The van der Waals surface area contributed by atoms with Gasteiger partial charge < -0.3 is 19.5 Å². The van der Waals surface area contributed by atoms with E-state index in [1.54, 1.807) is 0 Å². The lowest BCUT2D eigenvalue weighted by Crippen LogP contribution is -2.13. The van der Waals surface area contributed by atoms with Crippen molar-refractivity contribution in [3.8, 4) is 5.75 Å². The number of benzene rings is 1. The first-order valence-electron chi connectivity index (χ1n) is 9.20. The molecule has 0 saturated carbocycles. The van der Waals surface area contributed by atoms with Crippen molar-refractivity contribution in [3.63, 3.8) is 0 Å². The zero-order chi connectivity index (χ0) is 19.5. The lowest BCUT2D eigenvalue weighted by molar-refractivity contribution is 0.0541. The average molecular weight is 394 g/mol. The second kappa shape index (κ2) is 11.7. The first-order valence-corrected chi connectivity index (χ1v) is 9.58. The van der Waals surface area contributed by atoms with E-state index >= 15 is 0 Å². The van der Waals surface area contributed by atoms with Crippen LogP contribution >= 0.6 is 11.6 Å². The largest absolute Gasteiger partial charge is 0.491 e. The minimum Gasteiger partial charge on any atom is -0.491 e. The molecular weight excluding hydrogens is 366 g/mol. The molecule has 0 aliphatic rings. The maximum atomic E-state index is 6.16. The van der Waals surface area contributed by atoms with Crippen molar-refractivity contribution in [2.24, 2.45) is 0 Å². The molecule has 0 aliphatic carbocycles. The Morgan fingerprint density at radius 2 is 1.85 bits per heavy atom. The standard InChI is InChI=1S/C20H28ClN3O3/c1-4-25-11-12-26-9-7-17-5-6-18(15(2)13-17)27-10-8-22-20-19(21)16(3)23-14-24-20/h5-6,13-14H,4,7-12H2,1-3H3,(H,22,23,24). The Morgan fingerprint density at radius 3 is 2.63 bits per heavy atom. The van der Waals surface area contributed by atoms with Crippen LogP contribution in [0.1, 0.15) is 23.7 Å². The number of halogens is 1. The van der Waals surface area contributed by atoms with Gasteiger partial charge in [-0.05, 0) is 44.4 Å². The van der Waals surface area contributed by atoms with Crippen LogP contribution in [0, 0.1) is 13.8 Å². The fourth-order valence-electron chi connectivity index (χ4n) is 2.49. The maximum absolute atomic E-state index is 6.16. The summed E-state index contributed by atoms with van der Waals surface area (Å²) in [5.41, 5.74) is 3.10. The molecule has 2 aromatic rings. The second-order valence-corrected chi connectivity index (χ2v) is 6.43. The summed E-state index contributed by atoms with van der Waals surface area (Å²) in [5.74, 6) is 1.51. The molecule has 27 heavy (non-hydrogen) atoms. The molecule has 0 fully saturated rings. The summed E-state index contributed by atoms with van der Waals surface area (Å²) in [6, 6.07) is 6.22. The van der Waals surface area contributed by atoms with Gasteiger partial charge in [-0.2, -0.15) is 0 Å². The SMILES string of the molecule is CCOCCOCCc1ccc(OCCNc2ncnc(C)c2Cl)c(C)c1. The molecule has 0 bridgehead atoms. The van der Waals surface area contributed by atoms with Crippen molar-refractivity contribution in [2.75, 3.05) is 44.9 Å². The highest BCUT2D eigenvalue weighted by atomic mass is 35.5. The Bertz CT molecular complexity index is 713. The first-order chi connectivity index (χ1) is 13.1. The first kappa shape index (κ1) is 21.4. The van der Waals surface area contributed by atoms with Crippen LogP contribution in [0.25, 0.3) is 0 Å². The van der Waals surface area contributed by atoms with Gasteiger partial charge in [0.05, 0.1) is 32.1 Å². The van der Waals surface area contributed by atoms with Crippen molar-refractivity contribution in [1.29, 1.82) is 0 Å². The third-order valence-corrected chi connectivity index (χ3v) is 4.42. The van der Waals surface area contributed by atoms with Crippen LogP contribution in [0.15, 0.2) is 24.5 Å². The average Bonchev–Trinajstić information content (AvgIpc) is 2.66. The number of hydrogen-bond acceptors (Lipinski definition) is 6. The van der Waals surface area contributed by atoms with Crippen LogP contribution in [0.4, 0.5) is 5.82 Å². The Balaban J connectivity index is 1.71. The minimum absolute atomic E-state index is 0.514. The number of anilines is 1. The van der Waals surface area contributed by atoms with Gasteiger partial charge >= 0.3 is 0 Å². The predicted octanol–water partition coefficient (Wildman–Crippen LogP) is 3.83. The highest BCUT2D eigenvalue weighted by Gasteiger charge is 2.06. The summed E-state index contributed by atoms with van der Waals surface area (Å²) < 4.78 is 16.7. The van der Waals surface area contributed by atoms with Gasteiger partial charge in [0.2, 0.25) is 0 Å². The summed E-state index contributed by atoms with van der Waals surface area (Å²) in [4.78, 5) is 8.18. The monoisotopic (exact) mass is 393 g/mol. The van der Waals surface area contributed by atoms with Crippen LogP contribution in [0.3, 0.4) is 0 Å².